The fourth-order valence-electron chi connectivity index (χ4n) is 12.5. The summed E-state index contributed by atoms with van der Waals surface area (Å²) in [6.07, 6.45) is 62.5. The third-order valence-electron chi connectivity index (χ3n) is 19.0. The van der Waals surface area contributed by atoms with E-state index in [9.17, 15) is 43.2 Å². The smallest absolute Gasteiger partial charge is 0.462 e. The average molecular weight is 1470 g/mol. The van der Waals surface area contributed by atoms with Crippen molar-refractivity contribution in [1.82, 2.24) is 0 Å². The van der Waals surface area contributed by atoms with Gasteiger partial charge in [-0.3, -0.25) is 37.3 Å². The standard InChI is InChI=1S/C81H158O17P2/c1-7-9-11-13-15-17-19-21-23-25-27-29-31-33-38-45-51-57-63-78(83)91-69-76(97-80(85)65-59-53-47-39-34-32-30-28-26-24-22-20-18-16-14-12-10-8-2)71-95-99(87,88)93-67-75(82)68-94-100(89,90)96-72-77(70-92-79(84)64-58-52-46-42-41-44-50-56-62-74(5)6)98-81(86)66-60-54-48-40-36-35-37-43-49-55-61-73(3)4/h73-77,82H,7-72H2,1-6H3,(H,87,88)(H,89,90)/t75-,76-,77-/m1/s1. The lowest BCUT2D eigenvalue weighted by Gasteiger charge is -2.21. The number of ether oxygens (including phenoxy) is 4. The van der Waals surface area contributed by atoms with Crippen LogP contribution in [0, 0.1) is 11.8 Å². The molecule has 3 N–H and O–H groups in total. The lowest BCUT2D eigenvalue weighted by Crippen LogP contribution is -2.30. The zero-order valence-electron chi connectivity index (χ0n) is 65.5. The fourth-order valence-corrected chi connectivity index (χ4v) is 14.1. The van der Waals surface area contributed by atoms with Crippen molar-refractivity contribution in [2.24, 2.45) is 11.8 Å². The maximum Gasteiger partial charge on any atom is 0.472 e. The van der Waals surface area contributed by atoms with E-state index in [-0.39, 0.29) is 25.7 Å². The molecular weight excluding hydrogens is 1310 g/mol. The summed E-state index contributed by atoms with van der Waals surface area (Å²) in [5.41, 5.74) is 0. The third kappa shape index (κ3) is 74.3. The van der Waals surface area contributed by atoms with E-state index in [0.717, 1.165) is 102 Å². The molecule has 0 saturated heterocycles. The Kier molecular flexibility index (Phi) is 71.2. The van der Waals surface area contributed by atoms with Crippen LogP contribution < -0.4 is 0 Å². The Hall–Kier alpha value is -1.94. The third-order valence-corrected chi connectivity index (χ3v) is 20.9. The van der Waals surface area contributed by atoms with E-state index >= 15 is 0 Å². The normalized spacial score (nSPS) is 13.9. The summed E-state index contributed by atoms with van der Waals surface area (Å²) in [5, 5.41) is 10.6. The minimum atomic E-state index is -4.96. The summed E-state index contributed by atoms with van der Waals surface area (Å²) in [4.78, 5) is 73.0. The Morgan fingerprint density at radius 1 is 0.270 bits per heavy atom. The van der Waals surface area contributed by atoms with Gasteiger partial charge in [0.05, 0.1) is 26.4 Å². The first-order valence-electron chi connectivity index (χ1n) is 42.0. The van der Waals surface area contributed by atoms with E-state index < -0.39 is 97.5 Å². The molecule has 0 radical (unpaired) electrons. The second kappa shape index (κ2) is 72.6. The van der Waals surface area contributed by atoms with Crippen molar-refractivity contribution in [2.45, 2.75) is 445 Å². The zero-order chi connectivity index (χ0) is 73.5. The molecule has 2 unspecified atom stereocenters. The minimum Gasteiger partial charge on any atom is -0.462 e. The maximum atomic E-state index is 13.1. The Morgan fingerprint density at radius 2 is 0.460 bits per heavy atom. The molecule has 100 heavy (non-hydrogen) atoms. The number of carbonyl (C=O) groups excluding carboxylic acids is 4. The highest BCUT2D eigenvalue weighted by molar-refractivity contribution is 7.47. The Labute approximate surface area is 613 Å². The molecule has 0 heterocycles. The van der Waals surface area contributed by atoms with E-state index in [2.05, 4.69) is 41.5 Å². The van der Waals surface area contributed by atoms with E-state index in [0.29, 0.717) is 25.7 Å². The van der Waals surface area contributed by atoms with Crippen molar-refractivity contribution in [2.75, 3.05) is 39.6 Å². The molecule has 0 aliphatic rings. The van der Waals surface area contributed by atoms with Crippen LogP contribution in [0.15, 0.2) is 0 Å². The zero-order valence-corrected chi connectivity index (χ0v) is 67.3. The van der Waals surface area contributed by atoms with Crippen LogP contribution in [0.1, 0.15) is 427 Å². The molecule has 0 rings (SSSR count). The number of esters is 4. The summed E-state index contributed by atoms with van der Waals surface area (Å²) in [7, 11) is -9.92. The van der Waals surface area contributed by atoms with Crippen molar-refractivity contribution in [1.29, 1.82) is 0 Å². The van der Waals surface area contributed by atoms with Gasteiger partial charge >= 0.3 is 39.5 Å². The maximum absolute atomic E-state index is 13.1. The van der Waals surface area contributed by atoms with Crippen LogP contribution in [-0.2, 0) is 65.4 Å². The van der Waals surface area contributed by atoms with Gasteiger partial charge in [0.25, 0.3) is 0 Å². The molecule has 19 heteroatoms. The second-order valence-corrected chi connectivity index (χ2v) is 33.0. The van der Waals surface area contributed by atoms with Gasteiger partial charge in [0.1, 0.15) is 19.3 Å². The van der Waals surface area contributed by atoms with E-state index in [1.54, 1.807) is 0 Å². The summed E-state index contributed by atoms with van der Waals surface area (Å²) >= 11 is 0. The molecule has 0 amide bonds. The predicted octanol–water partition coefficient (Wildman–Crippen LogP) is 24.3. The number of aliphatic hydroxyl groups excluding tert-OH is 1. The highest BCUT2D eigenvalue weighted by Gasteiger charge is 2.30. The number of rotatable bonds is 80. The Bertz CT molecular complexity index is 1920. The number of hydrogen-bond donors (Lipinski definition) is 3. The molecule has 0 aromatic carbocycles. The second-order valence-electron chi connectivity index (χ2n) is 30.1. The summed E-state index contributed by atoms with van der Waals surface area (Å²) in [6.45, 7) is 9.59. The lowest BCUT2D eigenvalue weighted by atomic mass is 10.0. The van der Waals surface area contributed by atoms with Gasteiger partial charge in [-0.1, -0.05) is 375 Å². The number of hydrogen-bond acceptors (Lipinski definition) is 15. The number of phosphoric acid groups is 2. The van der Waals surface area contributed by atoms with Gasteiger partial charge in [-0.25, -0.2) is 9.13 Å². The largest absolute Gasteiger partial charge is 0.472 e. The highest BCUT2D eigenvalue weighted by Crippen LogP contribution is 2.45. The Balaban J connectivity index is 5.24. The highest BCUT2D eigenvalue weighted by atomic mass is 31.2. The Morgan fingerprint density at radius 3 is 0.680 bits per heavy atom. The van der Waals surface area contributed by atoms with Crippen molar-refractivity contribution >= 4 is 39.5 Å². The van der Waals surface area contributed by atoms with Crippen LogP contribution in [0.4, 0.5) is 0 Å². The minimum absolute atomic E-state index is 0.106. The first-order chi connectivity index (χ1) is 48.4. The number of unbranched alkanes of at least 4 members (excludes halogenated alkanes) is 50. The van der Waals surface area contributed by atoms with Crippen LogP contribution in [0.3, 0.4) is 0 Å². The first kappa shape index (κ1) is 98.1. The van der Waals surface area contributed by atoms with Gasteiger partial charge in [-0.15, -0.1) is 0 Å². The van der Waals surface area contributed by atoms with Gasteiger partial charge < -0.3 is 33.8 Å². The molecule has 0 aromatic heterocycles. The van der Waals surface area contributed by atoms with Crippen LogP contribution in [0.25, 0.3) is 0 Å². The van der Waals surface area contributed by atoms with E-state index in [1.807, 2.05) is 0 Å². The van der Waals surface area contributed by atoms with Gasteiger partial charge in [0, 0.05) is 25.7 Å². The van der Waals surface area contributed by atoms with Crippen LogP contribution in [0.5, 0.6) is 0 Å². The van der Waals surface area contributed by atoms with E-state index in [4.69, 9.17) is 37.0 Å². The molecule has 0 aromatic rings. The number of aliphatic hydroxyl groups is 1. The lowest BCUT2D eigenvalue weighted by molar-refractivity contribution is -0.161. The molecule has 0 aliphatic carbocycles. The molecule has 0 saturated carbocycles. The van der Waals surface area contributed by atoms with Crippen molar-refractivity contribution in [3.05, 3.63) is 0 Å². The number of carbonyl (C=O) groups is 4. The molecule has 0 aliphatic heterocycles. The topological polar surface area (TPSA) is 237 Å². The summed E-state index contributed by atoms with van der Waals surface area (Å²) in [5.74, 6) is -0.631. The van der Waals surface area contributed by atoms with Gasteiger partial charge in [0.2, 0.25) is 0 Å². The molecule has 17 nitrogen and oxygen atoms in total. The predicted molar refractivity (Wildman–Crippen MR) is 409 cm³/mol. The van der Waals surface area contributed by atoms with Crippen LogP contribution in [-0.4, -0.2) is 96.7 Å². The molecular formula is C81H158O17P2. The quantitative estimate of drug-likeness (QED) is 0.0222. The molecule has 0 bridgehead atoms. The average Bonchev–Trinajstić information content (AvgIpc) is 0.918. The monoisotopic (exact) mass is 1470 g/mol. The molecule has 0 fully saturated rings. The van der Waals surface area contributed by atoms with Crippen LogP contribution >= 0.6 is 15.6 Å². The SMILES string of the molecule is CCCCCCCCCCCCCCCCCCCCC(=O)OC[C@H](COP(=O)(O)OC[C@@H](O)COP(=O)(O)OC[C@@H](COC(=O)CCCCCCCCCCC(C)C)OC(=O)CCCCCCCCCCCCC(C)C)OC(=O)CCCCCCCCCCCCCCCCCCCC. The summed E-state index contributed by atoms with van der Waals surface area (Å²) in [6, 6.07) is 0. The van der Waals surface area contributed by atoms with Gasteiger partial charge in [-0.2, -0.15) is 0 Å². The van der Waals surface area contributed by atoms with Crippen molar-refractivity contribution in [3.8, 4) is 0 Å². The first-order valence-corrected chi connectivity index (χ1v) is 45.0. The van der Waals surface area contributed by atoms with Gasteiger partial charge in [-0.05, 0) is 37.5 Å². The fraction of sp³-hybridized carbons (Fsp3) is 0.951. The molecule has 0 spiro atoms. The molecule has 594 valence electrons. The van der Waals surface area contributed by atoms with E-state index in [1.165, 1.54) is 244 Å². The van der Waals surface area contributed by atoms with Crippen molar-refractivity contribution in [3.63, 3.8) is 0 Å². The van der Waals surface area contributed by atoms with Crippen LogP contribution in [0.2, 0.25) is 0 Å². The van der Waals surface area contributed by atoms with Gasteiger partial charge in [0.15, 0.2) is 12.2 Å². The summed E-state index contributed by atoms with van der Waals surface area (Å²) < 4.78 is 68.7. The van der Waals surface area contributed by atoms with Crippen molar-refractivity contribution < 1.29 is 80.2 Å². The number of phosphoric ester groups is 2. The molecule has 5 atom stereocenters.